The van der Waals surface area contributed by atoms with Crippen LogP contribution in [0.1, 0.15) is 18.1 Å². The predicted molar refractivity (Wildman–Crippen MR) is 114 cm³/mol. The van der Waals surface area contributed by atoms with Crippen molar-refractivity contribution < 1.29 is 0 Å². The Morgan fingerprint density at radius 3 is 2.56 bits per heavy atom. The van der Waals surface area contributed by atoms with Crippen LogP contribution in [0, 0.1) is 0 Å². The molecule has 0 atom stereocenters. The molecule has 2 N–H and O–H groups in total. The maximum Gasteiger partial charge on any atom is 0.0739 e. The van der Waals surface area contributed by atoms with Crippen LogP contribution in [0.4, 0.5) is 5.69 Å². The van der Waals surface area contributed by atoms with Crippen LogP contribution in [0.5, 0.6) is 0 Å². The van der Waals surface area contributed by atoms with E-state index >= 15 is 0 Å². The molecule has 27 heavy (non-hydrogen) atoms. The van der Waals surface area contributed by atoms with Gasteiger partial charge in [0.2, 0.25) is 0 Å². The van der Waals surface area contributed by atoms with Crippen molar-refractivity contribution >= 4 is 22.3 Å². The van der Waals surface area contributed by atoms with Gasteiger partial charge >= 0.3 is 0 Å². The number of nitrogens with one attached hydrogen (secondary N) is 2. The van der Waals surface area contributed by atoms with E-state index in [-0.39, 0.29) is 0 Å². The van der Waals surface area contributed by atoms with Crippen molar-refractivity contribution in [2.24, 2.45) is 4.99 Å². The molecule has 0 amide bonds. The van der Waals surface area contributed by atoms with Crippen LogP contribution >= 0.6 is 0 Å². The molecule has 3 aromatic carbocycles. The molecule has 0 aliphatic rings. The highest BCUT2D eigenvalue weighted by Crippen LogP contribution is 2.29. The minimum absolute atomic E-state index is 0.735. The molecule has 0 saturated carbocycles. The third-order valence-corrected chi connectivity index (χ3v) is 4.68. The number of anilines is 1. The summed E-state index contributed by atoms with van der Waals surface area (Å²) < 4.78 is 0. The van der Waals surface area contributed by atoms with Crippen molar-refractivity contribution in [2.45, 2.75) is 6.92 Å². The summed E-state index contributed by atoms with van der Waals surface area (Å²) >= 11 is 0. The van der Waals surface area contributed by atoms with Crippen LogP contribution in [-0.4, -0.2) is 29.5 Å². The Kier molecular flexibility index (Phi) is 4.71. The first-order chi connectivity index (χ1) is 13.3. The van der Waals surface area contributed by atoms with Gasteiger partial charge in [-0.3, -0.25) is 10.1 Å². The highest BCUT2D eigenvalue weighted by Gasteiger charge is 2.13. The number of rotatable bonds is 5. The number of H-pyrrole nitrogens is 1. The van der Waals surface area contributed by atoms with Crippen molar-refractivity contribution in [3.05, 3.63) is 84.1 Å². The van der Waals surface area contributed by atoms with Gasteiger partial charge in [0.05, 0.1) is 17.4 Å². The van der Waals surface area contributed by atoms with E-state index in [9.17, 15) is 0 Å². The van der Waals surface area contributed by atoms with Crippen molar-refractivity contribution in [3.8, 4) is 11.1 Å². The number of fused-ring (bicyclic) bond motifs is 1. The fourth-order valence-corrected chi connectivity index (χ4v) is 3.35. The van der Waals surface area contributed by atoms with Gasteiger partial charge in [-0.25, -0.2) is 0 Å². The monoisotopic (exact) mass is 354 g/mol. The number of hydrogen-bond acceptors (Lipinski definition) is 3. The molecule has 0 fully saturated rings. The summed E-state index contributed by atoms with van der Waals surface area (Å²) in [5, 5.41) is 11.5. The van der Waals surface area contributed by atoms with E-state index in [1.165, 1.54) is 0 Å². The Balaban J connectivity index is 1.86. The molecule has 0 aliphatic heterocycles. The molecule has 0 saturated heterocycles. The molecular weight excluding hydrogens is 332 g/mol. The topological polar surface area (TPSA) is 53.1 Å². The maximum absolute atomic E-state index is 4.81. The molecule has 4 nitrogen and oxygen atoms in total. The van der Waals surface area contributed by atoms with Crippen LogP contribution in [-0.2, 0) is 0 Å². The largest absolute Gasteiger partial charge is 0.388 e. The maximum atomic E-state index is 4.81. The van der Waals surface area contributed by atoms with E-state index in [0.717, 1.165) is 51.1 Å². The lowest BCUT2D eigenvalue weighted by Gasteiger charge is -2.15. The Labute approximate surface area is 159 Å². The predicted octanol–water partition coefficient (Wildman–Crippen LogP) is 5.13. The Hall–Kier alpha value is -3.40. The quantitative estimate of drug-likeness (QED) is 0.488. The van der Waals surface area contributed by atoms with Crippen molar-refractivity contribution in [2.75, 3.05) is 18.9 Å². The average molecular weight is 354 g/mol. The van der Waals surface area contributed by atoms with Crippen LogP contribution in [0.25, 0.3) is 22.0 Å². The van der Waals surface area contributed by atoms with E-state index in [0.29, 0.717) is 0 Å². The highest BCUT2D eigenvalue weighted by atomic mass is 15.1. The van der Waals surface area contributed by atoms with Crippen molar-refractivity contribution in [1.29, 1.82) is 0 Å². The number of benzene rings is 3. The van der Waals surface area contributed by atoms with Gasteiger partial charge in [0, 0.05) is 35.8 Å². The number of aromatic nitrogens is 2. The van der Waals surface area contributed by atoms with Gasteiger partial charge in [0.1, 0.15) is 0 Å². The normalized spacial score (nSPS) is 11.7. The zero-order valence-electron chi connectivity index (χ0n) is 15.5. The fraction of sp³-hybridized carbons (Fsp3) is 0.130. The third-order valence-electron chi connectivity index (χ3n) is 4.68. The molecule has 1 aromatic heterocycles. The second-order valence-corrected chi connectivity index (χ2v) is 6.37. The summed E-state index contributed by atoms with van der Waals surface area (Å²) in [5.41, 5.74) is 7.67. The molecule has 0 unspecified atom stereocenters. The SMILES string of the molecule is CC/N=C(/c1ccccc1)c1cc(-c2ccc3[nH]ncc3c2)ccc1NC. The number of aliphatic imine (C=N–C) groups is 1. The number of nitrogens with zero attached hydrogens (tertiary/aromatic N) is 2. The molecule has 4 aromatic rings. The summed E-state index contributed by atoms with van der Waals surface area (Å²) in [5.74, 6) is 0. The first-order valence-corrected chi connectivity index (χ1v) is 9.15. The van der Waals surface area contributed by atoms with Gasteiger partial charge in [-0.1, -0.05) is 42.5 Å². The molecule has 4 rings (SSSR count). The van der Waals surface area contributed by atoms with Crippen LogP contribution in [0.15, 0.2) is 77.9 Å². The van der Waals surface area contributed by atoms with Gasteiger partial charge in [-0.2, -0.15) is 5.10 Å². The van der Waals surface area contributed by atoms with E-state index in [1.807, 2.05) is 19.3 Å². The first-order valence-electron chi connectivity index (χ1n) is 9.15. The van der Waals surface area contributed by atoms with Crippen LogP contribution < -0.4 is 5.32 Å². The number of hydrogen-bond donors (Lipinski definition) is 2. The summed E-state index contributed by atoms with van der Waals surface area (Å²) in [6, 6.07) is 23.2. The minimum atomic E-state index is 0.735. The molecule has 1 heterocycles. The van der Waals surface area contributed by atoms with Crippen LogP contribution in [0.2, 0.25) is 0 Å². The molecule has 0 spiro atoms. The summed E-state index contributed by atoms with van der Waals surface area (Å²) in [6.45, 7) is 2.80. The van der Waals surface area contributed by atoms with Gasteiger partial charge in [0.25, 0.3) is 0 Å². The Bertz CT molecular complexity index is 1090. The molecule has 4 heteroatoms. The van der Waals surface area contributed by atoms with Crippen LogP contribution in [0.3, 0.4) is 0 Å². The molecule has 0 radical (unpaired) electrons. The average Bonchev–Trinajstić information content (AvgIpc) is 3.20. The molecular formula is C23H22N4. The lowest BCUT2D eigenvalue weighted by molar-refractivity contribution is 1.12. The van der Waals surface area contributed by atoms with Gasteiger partial charge in [0.15, 0.2) is 0 Å². The second-order valence-electron chi connectivity index (χ2n) is 6.37. The van der Waals surface area contributed by atoms with Gasteiger partial charge < -0.3 is 5.32 Å². The zero-order chi connectivity index (χ0) is 18.6. The molecule has 0 bridgehead atoms. The van der Waals surface area contributed by atoms with Gasteiger partial charge in [-0.15, -0.1) is 0 Å². The highest BCUT2D eigenvalue weighted by molar-refractivity contribution is 6.16. The molecule has 0 aliphatic carbocycles. The number of aromatic amines is 1. The lowest BCUT2D eigenvalue weighted by Crippen LogP contribution is -2.08. The summed E-state index contributed by atoms with van der Waals surface area (Å²) in [7, 11) is 1.95. The van der Waals surface area contributed by atoms with E-state index < -0.39 is 0 Å². The third kappa shape index (κ3) is 3.34. The Morgan fingerprint density at radius 1 is 1.00 bits per heavy atom. The van der Waals surface area contributed by atoms with E-state index in [4.69, 9.17) is 4.99 Å². The lowest BCUT2D eigenvalue weighted by atomic mass is 9.95. The minimum Gasteiger partial charge on any atom is -0.388 e. The van der Waals surface area contributed by atoms with E-state index in [1.54, 1.807) is 0 Å². The van der Waals surface area contributed by atoms with E-state index in [2.05, 4.69) is 83.1 Å². The second kappa shape index (κ2) is 7.46. The zero-order valence-corrected chi connectivity index (χ0v) is 15.5. The Morgan fingerprint density at radius 2 is 1.78 bits per heavy atom. The molecule has 134 valence electrons. The fourth-order valence-electron chi connectivity index (χ4n) is 3.35. The van der Waals surface area contributed by atoms with Crippen molar-refractivity contribution in [1.82, 2.24) is 10.2 Å². The smallest absolute Gasteiger partial charge is 0.0739 e. The first kappa shape index (κ1) is 17.0. The van der Waals surface area contributed by atoms with Crippen molar-refractivity contribution in [3.63, 3.8) is 0 Å². The summed E-state index contributed by atoms with van der Waals surface area (Å²) in [4.78, 5) is 4.81. The standard InChI is InChI=1S/C23H22N4/c1-3-25-23(16-7-5-4-6-8-16)20-14-18(10-12-22(20)24-2)17-9-11-21-19(13-17)15-26-27-21/h4-15,24H,3H2,1-2H3,(H,26,27)/b25-23-. The summed E-state index contributed by atoms with van der Waals surface area (Å²) in [6.07, 6.45) is 1.86. The van der Waals surface area contributed by atoms with Gasteiger partial charge in [-0.05, 0) is 42.3 Å².